The fourth-order valence-electron chi connectivity index (χ4n) is 2.86. The van der Waals surface area contributed by atoms with E-state index in [9.17, 15) is 9.59 Å². The highest BCUT2D eigenvalue weighted by atomic mass is 16.2. The SMILES string of the molecule is CCN(CC)CCNC(=O)c1cc2nccc(=O)n2n1-c1cccnc1. The van der Waals surface area contributed by atoms with Crippen LogP contribution in [0.5, 0.6) is 0 Å². The van der Waals surface area contributed by atoms with E-state index in [2.05, 4.69) is 34.0 Å². The van der Waals surface area contributed by atoms with Crippen molar-refractivity contribution in [2.75, 3.05) is 26.2 Å². The molecule has 0 aromatic carbocycles. The molecule has 0 spiro atoms. The van der Waals surface area contributed by atoms with Crippen LogP contribution in [0.4, 0.5) is 0 Å². The van der Waals surface area contributed by atoms with Gasteiger partial charge in [0.15, 0.2) is 5.65 Å². The molecule has 0 atom stereocenters. The fraction of sp³-hybridized carbons (Fsp3) is 0.333. The predicted molar refractivity (Wildman–Crippen MR) is 98.7 cm³/mol. The second-order valence-corrected chi connectivity index (χ2v) is 5.79. The van der Waals surface area contributed by atoms with Crippen LogP contribution in [0.15, 0.2) is 47.7 Å². The van der Waals surface area contributed by atoms with Gasteiger partial charge in [-0.15, -0.1) is 0 Å². The van der Waals surface area contributed by atoms with Crippen LogP contribution in [0.1, 0.15) is 24.3 Å². The Balaban J connectivity index is 1.97. The Morgan fingerprint density at radius 2 is 2.04 bits per heavy atom. The molecule has 0 fully saturated rings. The first-order chi connectivity index (χ1) is 12.7. The molecule has 136 valence electrons. The smallest absolute Gasteiger partial charge is 0.273 e. The van der Waals surface area contributed by atoms with Crippen LogP contribution in [0.3, 0.4) is 0 Å². The Hall–Kier alpha value is -3.00. The lowest BCUT2D eigenvalue weighted by Crippen LogP contribution is -2.35. The predicted octanol–water partition coefficient (Wildman–Crippen LogP) is 0.952. The Bertz CT molecular complexity index is 943. The first-order valence-electron chi connectivity index (χ1n) is 8.66. The molecule has 8 heteroatoms. The van der Waals surface area contributed by atoms with Crippen LogP contribution in [0.25, 0.3) is 11.3 Å². The van der Waals surface area contributed by atoms with E-state index >= 15 is 0 Å². The van der Waals surface area contributed by atoms with Crippen LogP contribution in [-0.4, -0.2) is 56.2 Å². The maximum atomic E-state index is 12.8. The maximum Gasteiger partial charge on any atom is 0.273 e. The maximum absolute atomic E-state index is 12.8. The van der Waals surface area contributed by atoms with E-state index in [-0.39, 0.29) is 11.5 Å². The lowest BCUT2D eigenvalue weighted by atomic mass is 10.3. The van der Waals surface area contributed by atoms with Gasteiger partial charge in [0, 0.05) is 37.6 Å². The number of aromatic nitrogens is 4. The summed E-state index contributed by atoms with van der Waals surface area (Å²) in [7, 11) is 0. The molecule has 0 bridgehead atoms. The van der Waals surface area contributed by atoms with E-state index in [1.165, 1.54) is 16.8 Å². The summed E-state index contributed by atoms with van der Waals surface area (Å²) in [6, 6.07) is 6.52. The molecule has 0 aliphatic carbocycles. The zero-order chi connectivity index (χ0) is 18.5. The topological polar surface area (TPSA) is 84.5 Å². The van der Waals surface area contributed by atoms with Gasteiger partial charge >= 0.3 is 0 Å². The molecular weight excluding hydrogens is 332 g/mol. The molecule has 1 amide bonds. The van der Waals surface area contributed by atoms with Gasteiger partial charge in [0.05, 0.1) is 11.9 Å². The van der Waals surface area contributed by atoms with E-state index in [4.69, 9.17) is 0 Å². The van der Waals surface area contributed by atoms with Gasteiger partial charge in [-0.3, -0.25) is 14.6 Å². The molecule has 26 heavy (non-hydrogen) atoms. The third kappa shape index (κ3) is 3.50. The second-order valence-electron chi connectivity index (χ2n) is 5.79. The van der Waals surface area contributed by atoms with Gasteiger partial charge in [0.25, 0.3) is 11.5 Å². The summed E-state index contributed by atoms with van der Waals surface area (Å²) in [5.41, 5.74) is 1.11. The second kappa shape index (κ2) is 7.92. The van der Waals surface area contributed by atoms with E-state index in [1.807, 2.05) is 0 Å². The minimum absolute atomic E-state index is 0.258. The molecule has 0 aliphatic heterocycles. The number of fused-ring (bicyclic) bond motifs is 1. The van der Waals surface area contributed by atoms with Gasteiger partial charge in [0.1, 0.15) is 5.69 Å². The number of likely N-dealkylation sites (N-methyl/N-ethyl adjacent to an activating group) is 1. The number of nitrogens with one attached hydrogen (secondary N) is 1. The highest BCUT2D eigenvalue weighted by Gasteiger charge is 2.18. The number of nitrogens with zero attached hydrogens (tertiary/aromatic N) is 5. The Kier molecular flexibility index (Phi) is 5.43. The average molecular weight is 354 g/mol. The number of hydrogen-bond donors (Lipinski definition) is 1. The summed E-state index contributed by atoms with van der Waals surface area (Å²) >= 11 is 0. The zero-order valence-electron chi connectivity index (χ0n) is 14.9. The standard InChI is InChI=1S/C18H22N6O2/c1-3-22(4-2)11-10-21-18(26)15-12-16-20-9-7-17(25)24(16)23(15)14-6-5-8-19-13-14/h5-9,12-13H,3-4,10-11H2,1-2H3,(H,21,26). The van der Waals surface area contributed by atoms with Crippen molar-refractivity contribution in [2.24, 2.45) is 0 Å². The van der Waals surface area contributed by atoms with Crippen molar-refractivity contribution < 1.29 is 4.79 Å². The molecule has 0 saturated heterocycles. The van der Waals surface area contributed by atoms with E-state index in [1.54, 1.807) is 35.3 Å². The normalized spacial score (nSPS) is 11.2. The zero-order valence-corrected chi connectivity index (χ0v) is 14.9. The highest BCUT2D eigenvalue weighted by molar-refractivity contribution is 5.94. The summed E-state index contributed by atoms with van der Waals surface area (Å²) in [6.07, 6.45) is 4.68. The number of amides is 1. The molecular formula is C18H22N6O2. The van der Waals surface area contributed by atoms with Gasteiger partial charge in [-0.2, -0.15) is 4.52 Å². The van der Waals surface area contributed by atoms with Gasteiger partial charge in [-0.25, -0.2) is 9.67 Å². The molecule has 3 aromatic heterocycles. The molecule has 3 aromatic rings. The van der Waals surface area contributed by atoms with Crippen LogP contribution in [0, 0.1) is 0 Å². The van der Waals surface area contributed by atoms with Gasteiger partial charge in [0.2, 0.25) is 0 Å². The van der Waals surface area contributed by atoms with Crippen molar-refractivity contribution in [3.63, 3.8) is 0 Å². The Morgan fingerprint density at radius 3 is 2.73 bits per heavy atom. The summed E-state index contributed by atoms with van der Waals surface area (Å²) < 4.78 is 2.92. The number of pyridine rings is 1. The largest absolute Gasteiger partial charge is 0.349 e. The third-order valence-corrected chi connectivity index (χ3v) is 4.27. The Labute approximate surface area is 151 Å². The lowest BCUT2D eigenvalue weighted by molar-refractivity contribution is 0.0940. The van der Waals surface area contributed by atoms with E-state index in [0.29, 0.717) is 23.6 Å². The third-order valence-electron chi connectivity index (χ3n) is 4.27. The lowest BCUT2D eigenvalue weighted by Gasteiger charge is -2.18. The average Bonchev–Trinajstić information content (AvgIpc) is 3.07. The molecule has 3 heterocycles. The van der Waals surface area contributed by atoms with Crippen molar-refractivity contribution in [2.45, 2.75) is 13.8 Å². The fourth-order valence-corrected chi connectivity index (χ4v) is 2.86. The number of carbonyl (C=O) groups excluding carboxylic acids is 1. The molecule has 0 saturated carbocycles. The molecule has 0 aliphatic rings. The van der Waals surface area contributed by atoms with Crippen molar-refractivity contribution in [3.8, 4) is 5.69 Å². The molecule has 0 radical (unpaired) electrons. The summed E-state index contributed by atoms with van der Waals surface area (Å²) in [5.74, 6) is -0.258. The molecule has 8 nitrogen and oxygen atoms in total. The van der Waals surface area contributed by atoms with Crippen molar-refractivity contribution in [3.05, 3.63) is 58.9 Å². The minimum Gasteiger partial charge on any atom is -0.349 e. The number of carbonyl (C=O) groups is 1. The Morgan fingerprint density at radius 1 is 1.23 bits per heavy atom. The molecule has 1 N–H and O–H groups in total. The molecule has 3 rings (SSSR count). The van der Waals surface area contributed by atoms with Gasteiger partial charge in [-0.1, -0.05) is 13.8 Å². The van der Waals surface area contributed by atoms with Crippen molar-refractivity contribution >= 4 is 11.6 Å². The van der Waals surface area contributed by atoms with E-state index in [0.717, 1.165) is 19.6 Å². The van der Waals surface area contributed by atoms with Crippen LogP contribution in [0.2, 0.25) is 0 Å². The van der Waals surface area contributed by atoms with Gasteiger partial charge in [-0.05, 0) is 25.2 Å². The quantitative estimate of drug-likeness (QED) is 0.683. The monoisotopic (exact) mass is 354 g/mol. The van der Waals surface area contributed by atoms with Gasteiger partial charge < -0.3 is 10.2 Å². The number of hydrogen-bond acceptors (Lipinski definition) is 5. The van der Waals surface area contributed by atoms with Crippen molar-refractivity contribution in [1.82, 2.24) is 29.4 Å². The highest BCUT2D eigenvalue weighted by Crippen LogP contribution is 2.13. The minimum atomic E-state index is -0.263. The van der Waals surface area contributed by atoms with Crippen LogP contribution in [-0.2, 0) is 0 Å². The summed E-state index contributed by atoms with van der Waals surface area (Å²) in [6.45, 7) is 7.33. The van der Waals surface area contributed by atoms with Crippen molar-refractivity contribution in [1.29, 1.82) is 0 Å². The summed E-state index contributed by atoms with van der Waals surface area (Å²) in [5, 5.41) is 2.92. The van der Waals surface area contributed by atoms with Crippen LogP contribution >= 0.6 is 0 Å². The van der Waals surface area contributed by atoms with E-state index < -0.39 is 0 Å². The molecule has 0 unspecified atom stereocenters. The summed E-state index contributed by atoms with van der Waals surface area (Å²) in [4.78, 5) is 35.6. The number of rotatable bonds is 7. The van der Waals surface area contributed by atoms with Crippen LogP contribution < -0.4 is 10.9 Å². The first-order valence-corrected chi connectivity index (χ1v) is 8.66. The first kappa shape index (κ1) is 17.8.